The van der Waals surface area contributed by atoms with Crippen molar-refractivity contribution >= 4 is 34.1 Å². The van der Waals surface area contributed by atoms with Crippen LogP contribution in [0.25, 0.3) is 22.6 Å². The van der Waals surface area contributed by atoms with Gasteiger partial charge in [0, 0.05) is 10.9 Å². The second-order valence-electron chi connectivity index (χ2n) is 6.38. The topological polar surface area (TPSA) is 108 Å². The Morgan fingerprint density at radius 2 is 2.03 bits per heavy atom. The van der Waals surface area contributed by atoms with Gasteiger partial charge in [0.25, 0.3) is 0 Å². The number of hydrogen-bond acceptors (Lipinski definition) is 8. The van der Waals surface area contributed by atoms with E-state index in [9.17, 15) is 13.6 Å². The number of carbonyl (C=O) groups excluding carboxylic acids is 1. The van der Waals surface area contributed by atoms with Crippen LogP contribution in [-0.2, 0) is 4.79 Å². The maximum absolute atomic E-state index is 13.4. The summed E-state index contributed by atoms with van der Waals surface area (Å²) in [6, 6.07) is 10.8. The molecule has 2 aromatic heterocycles. The van der Waals surface area contributed by atoms with Gasteiger partial charge in [-0.15, -0.1) is 21.5 Å². The number of amides is 1. The Bertz CT molecular complexity index is 1280. The summed E-state index contributed by atoms with van der Waals surface area (Å²) in [5.41, 5.74) is 1.52. The number of halogens is 2. The molecule has 0 unspecified atom stereocenters. The SMILES string of the molecule is COc1ccccc1-c1nnc(SCC(=O)Nc2nc(-c3ccc(F)c(F)c3)cs2)n1N. The molecule has 0 spiro atoms. The van der Waals surface area contributed by atoms with Crippen LogP contribution in [0.1, 0.15) is 0 Å². The minimum absolute atomic E-state index is 0.0152. The van der Waals surface area contributed by atoms with Gasteiger partial charge >= 0.3 is 0 Å². The Balaban J connectivity index is 1.39. The fraction of sp³-hybridized carbons (Fsp3) is 0.100. The highest BCUT2D eigenvalue weighted by Gasteiger charge is 2.17. The Labute approximate surface area is 189 Å². The van der Waals surface area contributed by atoms with Crippen molar-refractivity contribution in [3.8, 4) is 28.4 Å². The van der Waals surface area contributed by atoms with E-state index in [1.807, 2.05) is 12.1 Å². The van der Waals surface area contributed by atoms with Crippen molar-refractivity contribution in [2.24, 2.45) is 0 Å². The summed E-state index contributed by atoms with van der Waals surface area (Å²) in [4.78, 5) is 16.6. The summed E-state index contributed by atoms with van der Waals surface area (Å²) in [7, 11) is 1.55. The van der Waals surface area contributed by atoms with Crippen LogP contribution in [-0.4, -0.2) is 38.6 Å². The van der Waals surface area contributed by atoms with Gasteiger partial charge < -0.3 is 15.9 Å². The van der Waals surface area contributed by atoms with Crippen LogP contribution in [0.15, 0.2) is 53.0 Å². The molecule has 164 valence electrons. The van der Waals surface area contributed by atoms with Crippen LogP contribution in [0.2, 0.25) is 0 Å². The van der Waals surface area contributed by atoms with Gasteiger partial charge in [-0.1, -0.05) is 23.9 Å². The van der Waals surface area contributed by atoms with Gasteiger partial charge in [-0.3, -0.25) is 4.79 Å². The summed E-state index contributed by atoms with van der Waals surface area (Å²) in [5, 5.41) is 13.1. The summed E-state index contributed by atoms with van der Waals surface area (Å²) >= 11 is 2.28. The number of para-hydroxylation sites is 1. The Morgan fingerprint density at radius 1 is 1.22 bits per heavy atom. The molecule has 4 rings (SSSR count). The molecule has 0 fully saturated rings. The summed E-state index contributed by atoms with van der Waals surface area (Å²) in [6.45, 7) is 0. The number of rotatable bonds is 7. The van der Waals surface area contributed by atoms with E-state index in [1.54, 1.807) is 24.6 Å². The van der Waals surface area contributed by atoms with Crippen LogP contribution in [0.3, 0.4) is 0 Å². The van der Waals surface area contributed by atoms with E-state index in [-0.39, 0.29) is 11.7 Å². The quantitative estimate of drug-likeness (QED) is 0.310. The zero-order chi connectivity index (χ0) is 22.7. The van der Waals surface area contributed by atoms with E-state index in [0.717, 1.165) is 23.9 Å². The molecule has 2 heterocycles. The molecule has 12 heteroatoms. The van der Waals surface area contributed by atoms with Gasteiger partial charge in [0.2, 0.25) is 11.1 Å². The van der Waals surface area contributed by atoms with Crippen LogP contribution in [0.5, 0.6) is 5.75 Å². The third-order valence-electron chi connectivity index (χ3n) is 4.31. The first kappa shape index (κ1) is 21.7. The van der Waals surface area contributed by atoms with E-state index in [0.29, 0.717) is 38.7 Å². The number of thioether (sulfide) groups is 1. The first-order chi connectivity index (χ1) is 15.5. The number of anilines is 1. The van der Waals surface area contributed by atoms with Crippen LogP contribution < -0.4 is 15.9 Å². The van der Waals surface area contributed by atoms with Gasteiger partial charge in [-0.2, -0.15) is 0 Å². The highest BCUT2D eigenvalue weighted by Crippen LogP contribution is 2.30. The van der Waals surface area contributed by atoms with E-state index >= 15 is 0 Å². The molecule has 1 amide bonds. The van der Waals surface area contributed by atoms with E-state index in [1.165, 1.54) is 22.1 Å². The zero-order valence-electron chi connectivity index (χ0n) is 16.6. The van der Waals surface area contributed by atoms with Gasteiger partial charge in [-0.05, 0) is 30.3 Å². The minimum atomic E-state index is -0.962. The molecule has 32 heavy (non-hydrogen) atoms. The Hall–Kier alpha value is -3.51. The van der Waals surface area contributed by atoms with E-state index in [4.69, 9.17) is 10.6 Å². The third kappa shape index (κ3) is 4.55. The predicted molar refractivity (Wildman–Crippen MR) is 119 cm³/mol. The molecule has 0 aliphatic carbocycles. The fourth-order valence-electron chi connectivity index (χ4n) is 2.79. The number of ether oxygens (including phenoxy) is 1. The number of benzene rings is 2. The number of thiazole rings is 1. The summed E-state index contributed by atoms with van der Waals surface area (Å²) < 4.78 is 33.1. The van der Waals surface area contributed by atoms with Crippen molar-refractivity contribution in [3.05, 3.63) is 59.5 Å². The third-order valence-corrected chi connectivity index (χ3v) is 6.01. The molecule has 2 aromatic carbocycles. The summed E-state index contributed by atoms with van der Waals surface area (Å²) in [6.07, 6.45) is 0. The number of nitrogen functional groups attached to an aromatic ring is 1. The highest BCUT2D eigenvalue weighted by atomic mass is 32.2. The maximum atomic E-state index is 13.4. The van der Waals surface area contributed by atoms with E-state index < -0.39 is 11.6 Å². The largest absolute Gasteiger partial charge is 0.496 e. The molecule has 4 aromatic rings. The van der Waals surface area contributed by atoms with Gasteiger partial charge in [-0.25, -0.2) is 18.4 Å². The molecule has 0 atom stereocenters. The second kappa shape index (κ2) is 9.32. The molecular weight excluding hydrogens is 458 g/mol. The second-order valence-corrected chi connectivity index (χ2v) is 8.18. The zero-order valence-corrected chi connectivity index (χ0v) is 18.2. The molecule has 8 nitrogen and oxygen atoms in total. The standard InChI is InChI=1S/C20H16F2N6O2S2/c1-30-16-5-3-2-4-12(16)18-26-27-20(28(18)23)32-10-17(29)25-19-24-15(9-31-19)11-6-7-13(21)14(22)8-11/h2-9H,10,23H2,1H3,(H,24,25,29). The number of carbonyl (C=O) groups is 1. The average molecular weight is 475 g/mol. The highest BCUT2D eigenvalue weighted by molar-refractivity contribution is 7.99. The number of methoxy groups -OCH3 is 1. The molecule has 0 aliphatic heterocycles. The predicted octanol–water partition coefficient (Wildman–Crippen LogP) is 3.80. The van der Waals surface area contributed by atoms with Crippen LogP contribution >= 0.6 is 23.1 Å². The first-order valence-electron chi connectivity index (χ1n) is 9.13. The Kier molecular flexibility index (Phi) is 6.32. The lowest BCUT2D eigenvalue weighted by molar-refractivity contribution is -0.113. The van der Waals surface area contributed by atoms with Crippen molar-refractivity contribution in [1.29, 1.82) is 0 Å². The molecule has 0 bridgehead atoms. The van der Waals surface area contributed by atoms with E-state index in [2.05, 4.69) is 20.5 Å². The maximum Gasteiger partial charge on any atom is 0.236 e. The molecule has 0 saturated carbocycles. The lowest BCUT2D eigenvalue weighted by atomic mass is 10.2. The fourth-order valence-corrected chi connectivity index (χ4v) is 4.19. The molecule has 0 radical (unpaired) electrons. The average Bonchev–Trinajstić information content (AvgIpc) is 3.40. The van der Waals surface area contributed by atoms with Crippen molar-refractivity contribution in [2.75, 3.05) is 24.0 Å². The first-order valence-corrected chi connectivity index (χ1v) is 11.0. The normalized spacial score (nSPS) is 10.8. The van der Waals surface area contributed by atoms with Gasteiger partial charge in [0.1, 0.15) is 5.75 Å². The Morgan fingerprint density at radius 3 is 2.81 bits per heavy atom. The number of aromatic nitrogens is 4. The number of nitrogens with one attached hydrogen (secondary N) is 1. The summed E-state index contributed by atoms with van der Waals surface area (Å²) in [5.74, 6) is 4.90. The smallest absolute Gasteiger partial charge is 0.236 e. The number of nitrogens with two attached hydrogens (primary N) is 1. The minimum Gasteiger partial charge on any atom is -0.496 e. The molecule has 0 saturated heterocycles. The van der Waals surface area contributed by atoms with Crippen molar-refractivity contribution in [1.82, 2.24) is 19.9 Å². The molecule has 3 N–H and O–H groups in total. The van der Waals surface area contributed by atoms with Gasteiger partial charge in [0.15, 0.2) is 22.6 Å². The lowest BCUT2D eigenvalue weighted by Crippen LogP contribution is -2.16. The molecule has 0 aliphatic rings. The molecular formula is C20H16F2N6O2S2. The van der Waals surface area contributed by atoms with Crippen LogP contribution in [0, 0.1) is 11.6 Å². The monoisotopic (exact) mass is 474 g/mol. The van der Waals surface area contributed by atoms with Crippen molar-refractivity contribution < 1.29 is 18.3 Å². The lowest BCUT2D eigenvalue weighted by Gasteiger charge is -2.07. The number of nitrogens with zero attached hydrogens (tertiary/aromatic N) is 4. The number of hydrogen-bond donors (Lipinski definition) is 2. The van der Waals surface area contributed by atoms with Crippen LogP contribution in [0.4, 0.5) is 13.9 Å². The van der Waals surface area contributed by atoms with Crippen molar-refractivity contribution in [2.45, 2.75) is 5.16 Å². The van der Waals surface area contributed by atoms with Gasteiger partial charge in [0.05, 0.1) is 24.1 Å². The van der Waals surface area contributed by atoms with Crippen molar-refractivity contribution in [3.63, 3.8) is 0 Å².